The number of halogens is 2. The van der Waals surface area contributed by atoms with E-state index in [4.69, 9.17) is 27.9 Å². The SMILES string of the molecule is O=C(Cc1csc(-c2ccc(CN3CCOCC3)cc2)n1)Nc1c(Cl)cccc1Cl. The topological polar surface area (TPSA) is 54.5 Å². The van der Waals surface area contributed by atoms with E-state index in [2.05, 4.69) is 39.5 Å². The number of morpholine rings is 1. The molecule has 8 heteroatoms. The number of nitrogens with zero attached hydrogens (tertiary/aromatic N) is 2. The smallest absolute Gasteiger partial charge is 0.230 e. The molecule has 0 bridgehead atoms. The fourth-order valence-electron chi connectivity index (χ4n) is 3.26. The Kier molecular flexibility index (Phi) is 7.02. The number of carbonyl (C=O) groups is 1. The van der Waals surface area contributed by atoms with Gasteiger partial charge in [0.2, 0.25) is 5.91 Å². The fraction of sp³-hybridized carbons (Fsp3) is 0.273. The highest BCUT2D eigenvalue weighted by Crippen LogP contribution is 2.30. The van der Waals surface area contributed by atoms with E-state index < -0.39 is 0 Å². The molecular weight excluding hydrogens is 441 g/mol. The van der Waals surface area contributed by atoms with E-state index in [-0.39, 0.29) is 12.3 Å². The van der Waals surface area contributed by atoms with Crippen LogP contribution in [0.1, 0.15) is 11.3 Å². The van der Waals surface area contributed by atoms with Crippen LogP contribution in [0.2, 0.25) is 10.0 Å². The summed E-state index contributed by atoms with van der Waals surface area (Å²) in [5, 5.41) is 6.39. The first kappa shape index (κ1) is 21.3. The normalized spacial score (nSPS) is 14.6. The molecule has 4 rings (SSSR count). The van der Waals surface area contributed by atoms with Crippen LogP contribution in [-0.2, 0) is 22.5 Å². The van der Waals surface area contributed by atoms with E-state index in [1.165, 1.54) is 16.9 Å². The summed E-state index contributed by atoms with van der Waals surface area (Å²) in [6.45, 7) is 4.47. The minimum atomic E-state index is -0.206. The number of aromatic nitrogens is 1. The van der Waals surface area contributed by atoms with Crippen LogP contribution in [0.4, 0.5) is 5.69 Å². The highest BCUT2D eigenvalue weighted by Gasteiger charge is 2.14. The van der Waals surface area contributed by atoms with Gasteiger partial charge in [0.25, 0.3) is 0 Å². The van der Waals surface area contributed by atoms with E-state index >= 15 is 0 Å². The van der Waals surface area contributed by atoms with E-state index in [0.29, 0.717) is 21.4 Å². The zero-order valence-electron chi connectivity index (χ0n) is 16.2. The molecule has 5 nitrogen and oxygen atoms in total. The van der Waals surface area contributed by atoms with Crippen LogP contribution in [0.15, 0.2) is 47.8 Å². The van der Waals surface area contributed by atoms with Gasteiger partial charge in [-0.25, -0.2) is 4.98 Å². The number of carbonyl (C=O) groups excluding carboxylic acids is 1. The summed E-state index contributed by atoms with van der Waals surface area (Å²) in [6.07, 6.45) is 0.160. The standard InChI is InChI=1S/C22H21Cl2N3O2S/c23-18-2-1-3-19(24)21(18)26-20(28)12-17-14-30-22(25-17)16-6-4-15(5-7-16)13-27-8-10-29-11-9-27/h1-7,14H,8-13H2,(H,26,28). The van der Waals surface area contributed by atoms with Gasteiger partial charge in [-0.3, -0.25) is 9.69 Å². The molecule has 0 atom stereocenters. The Labute approximate surface area is 189 Å². The molecule has 2 aromatic carbocycles. The maximum absolute atomic E-state index is 12.4. The number of ether oxygens (including phenoxy) is 1. The van der Waals surface area contributed by atoms with Crippen molar-refractivity contribution < 1.29 is 9.53 Å². The van der Waals surface area contributed by atoms with Crippen LogP contribution >= 0.6 is 34.5 Å². The summed E-state index contributed by atoms with van der Waals surface area (Å²) in [4.78, 5) is 19.4. The summed E-state index contributed by atoms with van der Waals surface area (Å²) >= 11 is 13.8. The molecule has 0 unspecified atom stereocenters. The number of thiazole rings is 1. The maximum atomic E-state index is 12.4. The van der Waals surface area contributed by atoms with Crippen molar-refractivity contribution in [1.82, 2.24) is 9.88 Å². The lowest BCUT2D eigenvalue weighted by molar-refractivity contribution is -0.115. The Bertz CT molecular complexity index is 997. The van der Waals surface area contributed by atoms with E-state index in [1.807, 2.05) is 5.38 Å². The minimum Gasteiger partial charge on any atom is -0.379 e. The molecule has 1 amide bonds. The quantitative estimate of drug-likeness (QED) is 0.552. The molecule has 1 N–H and O–H groups in total. The Morgan fingerprint density at radius 1 is 1.10 bits per heavy atom. The van der Waals surface area contributed by atoms with Crippen molar-refractivity contribution in [3.63, 3.8) is 0 Å². The first-order valence-corrected chi connectivity index (χ1v) is 11.3. The van der Waals surface area contributed by atoms with Gasteiger partial charge in [0.15, 0.2) is 0 Å². The highest BCUT2D eigenvalue weighted by molar-refractivity contribution is 7.13. The maximum Gasteiger partial charge on any atom is 0.230 e. The van der Waals surface area contributed by atoms with Gasteiger partial charge in [-0.15, -0.1) is 11.3 Å². The second-order valence-electron chi connectivity index (χ2n) is 7.05. The van der Waals surface area contributed by atoms with Crippen molar-refractivity contribution in [3.05, 3.63) is 69.1 Å². The second kappa shape index (κ2) is 9.90. The van der Waals surface area contributed by atoms with Gasteiger partial charge < -0.3 is 10.1 Å². The number of anilines is 1. The van der Waals surface area contributed by atoms with Gasteiger partial charge >= 0.3 is 0 Å². The summed E-state index contributed by atoms with van der Waals surface area (Å²) < 4.78 is 5.40. The predicted molar refractivity (Wildman–Crippen MR) is 122 cm³/mol. The van der Waals surface area contributed by atoms with E-state index in [0.717, 1.165) is 43.4 Å². The number of amides is 1. The Morgan fingerprint density at radius 3 is 2.50 bits per heavy atom. The highest BCUT2D eigenvalue weighted by atomic mass is 35.5. The molecule has 0 aliphatic carbocycles. The van der Waals surface area contributed by atoms with Crippen molar-refractivity contribution in [2.24, 2.45) is 0 Å². The van der Waals surface area contributed by atoms with Crippen molar-refractivity contribution in [2.75, 3.05) is 31.6 Å². The number of hydrogen-bond acceptors (Lipinski definition) is 5. The molecule has 2 heterocycles. The number of rotatable bonds is 6. The Hall–Kier alpha value is -1.96. The molecule has 1 saturated heterocycles. The molecule has 1 aliphatic heterocycles. The largest absolute Gasteiger partial charge is 0.379 e. The summed E-state index contributed by atoms with van der Waals surface area (Å²) in [6, 6.07) is 13.6. The molecule has 3 aromatic rings. The second-order valence-corrected chi connectivity index (χ2v) is 8.72. The monoisotopic (exact) mass is 461 g/mol. The van der Waals surface area contributed by atoms with Gasteiger partial charge in [0.1, 0.15) is 5.01 Å². The zero-order chi connectivity index (χ0) is 20.9. The van der Waals surface area contributed by atoms with E-state index in [9.17, 15) is 4.79 Å². The van der Waals surface area contributed by atoms with Crippen molar-refractivity contribution in [1.29, 1.82) is 0 Å². The molecular formula is C22H21Cl2N3O2S. The molecule has 0 spiro atoms. The van der Waals surface area contributed by atoms with Gasteiger partial charge in [-0.05, 0) is 17.7 Å². The van der Waals surface area contributed by atoms with Crippen molar-refractivity contribution in [3.8, 4) is 10.6 Å². The van der Waals surface area contributed by atoms with Crippen LogP contribution in [0.5, 0.6) is 0 Å². The summed E-state index contributed by atoms with van der Waals surface area (Å²) in [5.74, 6) is -0.206. The Balaban J connectivity index is 1.37. The summed E-state index contributed by atoms with van der Waals surface area (Å²) in [7, 11) is 0. The van der Waals surface area contributed by atoms with Crippen LogP contribution in [0.3, 0.4) is 0 Å². The van der Waals surface area contributed by atoms with Gasteiger partial charge in [0, 0.05) is 30.6 Å². The van der Waals surface area contributed by atoms with Gasteiger partial charge in [0.05, 0.1) is 41.1 Å². The van der Waals surface area contributed by atoms with Crippen LogP contribution in [-0.4, -0.2) is 42.1 Å². The van der Waals surface area contributed by atoms with Crippen LogP contribution < -0.4 is 5.32 Å². The fourth-order valence-corrected chi connectivity index (χ4v) is 4.57. The van der Waals surface area contributed by atoms with Crippen molar-refractivity contribution >= 4 is 46.1 Å². The molecule has 0 radical (unpaired) electrons. The lowest BCUT2D eigenvalue weighted by Gasteiger charge is -2.26. The van der Waals surface area contributed by atoms with Gasteiger partial charge in [-0.2, -0.15) is 0 Å². The molecule has 1 aliphatic rings. The number of hydrogen-bond donors (Lipinski definition) is 1. The molecule has 156 valence electrons. The number of nitrogens with one attached hydrogen (secondary N) is 1. The number of benzene rings is 2. The van der Waals surface area contributed by atoms with Crippen LogP contribution in [0.25, 0.3) is 10.6 Å². The third-order valence-corrected chi connectivity index (χ3v) is 6.40. The lowest BCUT2D eigenvalue weighted by Crippen LogP contribution is -2.35. The Morgan fingerprint density at radius 2 is 1.80 bits per heavy atom. The molecule has 1 aromatic heterocycles. The first-order chi connectivity index (χ1) is 14.6. The average molecular weight is 462 g/mol. The minimum absolute atomic E-state index is 0.160. The summed E-state index contributed by atoms with van der Waals surface area (Å²) in [5.41, 5.74) is 3.46. The number of para-hydroxylation sites is 1. The third-order valence-electron chi connectivity index (χ3n) is 4.83. The third kappa shape index (κ3) is 5.39. The molecule has 30 heavy (non-hydrogen) atoms. The molecule has 0 saturated carbocycles. The van der Waals surface area contributed by atoms with Crippen LogP contribution in [0, 0.1) is 0 Å². The van der Waals surface area contributed by atoms with Gasteiger partial charge in [-0.1, -0.05) is 53.5 Å². The first-order valence-electron chi connectivity index (χ1n) is 9.66. The zero-order valence-corrected chi connectivity index (χ0v) is 18.6. The lowest BCUT2D eigenvalue weighted by atomic mass is 10.1. The molecule has 1 fully saturated rings. The van der Waals surface area contributed by atoms with E-state index in [1.54, 1.807) is 18.2 Å². The van der Waals surface area contributed by atoms with Crippen molar-refractivity contribution in [2.45, 2.75) is 13.0 Å². The average Bonchev–Trinajstić information content (AvgIpc) is 3.20. The predicted octanol–water partition coefficient (Wildman–Crippen LogP) is 5.13.